The van der Waals surface area contributed by atoms with Crippen LogP contribution in [0.1, 0.15) is 33.4 Å². The van der Waals surface area contributed by atoms with Crippen LogP contribution < -0.4 is 0 Å². The van der Waals surface area contributed by atoms with Crippen molar-refractivity contribution in [1.82, 2.24) is 14.1 Å². The predicted molar refractivity (Wildman–Crippen MR) is 238 cm³/mol. The van der Waals surface area contributed by atoms with Crippen molar-refractivity contribution in [2.75, 3.05) is 0 Å². The summed E-state index contributed by atoms with van der Waals surface area (Å²) in [6.45, 7) is 0. The minimum Gasteiger partial charge on any atom is -0.294 e. The number of para-hydroxylation sites is 2. The quantitative estimate of drug-likeness (QED) is 0.160. The molecule has 0 saturated carbocycles. The molecule has 10 aromatic rings. The molecule has 7 aromatic carbocycles. The van der Waals surface area contributed by atoms with Crippen molar-refractivity contribution in [3.05, 3.63) is 185 Å². The fraction of sp³-hybridized carbons (Fsp3) is 0.0377. The van der Waals surface area contributed by atoms with Crippen molar-refractivity contribution in [1.29, 1.82) is 21.0 Å². The third-order valence-corrected chi connectivity index (χ3v) is 11.6. The Balaban J connectivity index is 1.27. The highest BCUT2D eigenvalue weighted by Gasteiger charge is 2.37. The van der Waals surface area contributed by atoms with Gasteiger partial charge in [0, 0.05) is 21.5 Å². The van der Waals surface area contributed by atoms with Crippen LogP contribution in [0.25, 0.3) is 88.6 Å². The van der Waals surface area contributed by atoms with Crippen molar-refractivity contribution in [2.45, 2.75) is 12.4 Å². The number of rotatable bonds is 5. The summed E-state index contributed by atoms with van der Waals surface area (Å²) in [5.74, 6) is 0.371. The van der Waals surface area contributed by atoms with Gasteiger partial charge in [-0.2, -0.15) is 47.4 Å². The Labute approximate surface area is 370 Å². The molecule has 314 valence electrons. The topological polar surface area (TPSA) is 118 Å². The summed E-state index contributed by atoms with van der Waals surface area (Å²) in [7, 11) is 0. The lowest BCUT2D eigenvalue weighted by molar-refractivity contribution is -0.143. The molecular formula is C53H25F6N7. The lowest BCUT2D eigenvalue weighted by Crippen LogP contribution is -2.11. The zero-order valence-corrected chi connectivity index (χ0v) is 33.8. The molecule has 3 heterocycles. The second-order valence-electron chi connectivity index (χ2n) is 15.6. The molecule has 0 aliphatic rings. The second-order valence-corrected chi connectivity index (χ2v) is 15.6. The van der Waals surface area contributed by atoms with Gasteiger partial charge < -0.3 is 0 Å². The molecular weight excluding hydrogens is 849 g/mol. The Kier molecular flexibility index (Phi) is 9.46. The van der Waals surface area contributed by atoms with Gasteiger partial charge in [0.2, 0.25) is 0 Å². The number of nitriles is 4. The number of aromatic nitrogens is 3. The smallest absolute Gasteiger partial charge is 0.294 e. The van der Waals surface area contributed by atoms with Crippen LogP contribution in [-0.2, 0) is 12.4 Å². The van der Waals surface area contributed by atoms with Crippen LogP contribution in [0.15, 0.2) is 152 Å². The van der Waals surface area contributed by atoms with E-state index < -0.39 is 23.5 Å². The molecule has 0 aliphatic carbocycles. The molecule has 13 heteroatoms. The average Bonchev–Trinajstić information content (AvgIpc) is 3.85. The minimum atomic E-state index is -5.11. The maximum absolute atomic E-state index is 14.4. The van der Waals surface area contributed by atoms with E-state index in [2.05, 4.69) is 24.3 Å². The van der Waals surface area contributed by atoms with E-state index in [1.54, 1.807) is 57.7 Å². The van der Waals surface area contributed by atoms with Gasteiger partial charge in [-0.15, -0.1) is 0 Å². The minimum absolute atomic E-state index is 0.0198. The summed E-state index contributed by atoms with van der Waals surface area (Å²) in [5, 5.41) is 41.7. The average molecular weight is 874 g/mol. The Hall–Kier alpha value is -9.17. The summed E-state index contributed by atoms with van der Waals surface area (Å²) >= 11 is 0. The SMILES string of the molecule is N#Cc1cc(C#N)cc(-c2ccc3c(c2)c2ccccc2n3-c2cc(-c3cc(C(F)(F)F)cc(C(F)(F)F)c3)cc(-n3c4ccccc4c4cc(-c5cc(C#N)cc(C#N)c5)ccc43)n2)c1. The zero-order valence-electron chi connectivity index (χ0n) is 33.8. The van der Waals surface area contributed by atoms with Crippen LogP contribution in [0.3, 0.4) is 0 Å². The highest BCUT2D eigenvalue weighted by molar-refractivity contribution is 6.12. The fourth-order valence-electron chi connectivity index (χ4n) is 8.66. The van der Waals surface area contributed by atoms with E-state index in [1.165, 1.54) is 24.3 Å². The maximum Gasteiger partial charge on any atom is 0.416 e. The molecule has 7 nitrogen and oxygen atoms in total. The van der Waals surface area contributed by atoms with E-state index in [9.17, 15) is 47.4 Å². The Bertz CT molecular complexity index is 3560. The number of nitrogens with zero attached hydrogens (tertiary/aromatic N) is 7. The van der Waals surface area contributed by atoms with Gasteiger partial charge in [0.05, 0.1) is 79.7 Å². The first-order valence-corrected chi connectivity index (χ1v) is 20.0. The Morgan fingerprint density at radius 3 is 1.08 bits per heavy atom. The van der Waals surface area contributed by atoms with Gasteiger partial charge in [-0.05, 0) is 137 Å². The second kappa shape index (κ2) is 15.3. The molecule has 0 aliphatic heterocycles. The lowest BCUT2D eigenvalue weighted by Gasteiger charge is -2.17. The van der Waals surface area contributed by atoms with Gasteiger partial charge in [-0.3, -0.25) is 9.13 Å². The number of hydrogen-bond donors (Lipinski definition) is 0. The van der Waals surface area contributed by atoms with Crippen molar-refractivity contribution >= 4 is 43.6 Å². The number of benzene rings is 7. The van der Waals surface area contributed by atoms with Gasteiger partial charge in [0.1, 0.15) is 11.6 Å². The molecule has 0 fully saturated rings. The van der Waals surface area contributed by atoms with Crippen LogP contribution >= 0.6 is 0 Å². The summed E-state index contributed by atoms with van der Waals surface area (Å²) < 4.78 is 89.9. The zero-order chi connectivity index (χ0) is 46.1. The maximum atomic E-state index is 14.4. The molecule has 3 aromatic heterocycles. The first kappa shape index (κ1) is 40.9. The number of pyridine rings is 1. The van der Waals surface area contributed by atoms with Crippen LogP contribution in [0.2, 0.25) is 0 Å². The Morgan fingerprint density at radius 1 is 0.348 bits per heavy atom. The third-order valence-electron chi connectivity index (χ3n) is 11.6. The lowest BCUT2D eigenvalue weighted by atomic mass is 9.98. The molecule has 0 bridgehead atoms. The van der Waals surface area contributed by atoms with Crippen molar-refractivity contribution in [2.24, 2.45) is 0 Å². The van der Waals surface area contributed by atoms with E-state index in [0.717, 1.165) is 21.5 Å². The molecule has 0 unspecified atom stereocenters. The number of fused-ring (bicyclic) bond motifs is 6. The molecule has 0 N–H and O–H groups in total. The first-order chi connectivity index (χ1) is 31.7. The fourth-order valence-corrected chi connectivity index (χ4v) is 8.66. The first-order valence-electron chi connectivity index (χ1n) is 20.0. The van der Waals surface area contributed by atoms with Crippen molar-refractivity contribution in [3.63, 3.8) is 0 Å². The highest BCUT2D eigenvalue weighted by Crippen LogP contribution is 2.42. The van der Waals surface area contributed by atoms with Crippen molar-refractivity contribution < 1.29 is 26.3 Å². The summed E-state index contributed by atoms with van der Waals surface area (Å²) in [4.78, 5) is 5.18. The van der Waals surface area contributed by atoms with E-state index in [1.807, 2.05) is 60.7 Å². The molecule has 0 radical (unpaired) electrons. The van der Waals surface area contributed by atoms with Gasteiger partial charge in [-0.25, -0.2) is 4.98 Å². The Morgan fingerprint density at radius 2 is 0.697 bits per heavy atom. The van der Waals surface area contributed by atoms with E-state index in [0.29, 0.717) is 78.7 Å². The predicted octanol–water partition coefficient (Wildman–Crippen LogP) is 13.8. The normalized spacial score (nSPS) is 11.7. The van der Waals surface area contributed by atoms with Gasteiger partial charge in [-0.1, -0.05) is 48.5 Å². The van der Waals surface area contributed by atoms with Crippen LogP contribution in [-0.4, -0.2) is 14.1 Å². The van der Waals surface area contributed by atoms with Crippen LogP contribution in [0.4, 0.5) is 26.3 Å². The summed E-state index contributed by atoms with van der Waals surface area (Å²) in [5.41, 5.74) is 3.03. The van der Waals surface area contributed by atoms with Gasteiger partial charge in [0.15, 0.2) is 0 Å². The molecule has 0 atom stereocenters. The molecule has 0 amide bonds. The van der Waals surface area contributed by atoms with E-state index in [4.69, 9.17) is 4.98 Å². The van der Waals surface area contributed by atoms with Crippen LogP contribution in [0, 0.1) is 45.3 Å². The number of hydrogen-bond acceptors (Lipinski definition) is 5. The molecule has 10 rings (SSSR count). The third kappa shape index (κ3) is 6.98. The monoisotopic (exact) mass is 873 g/mol. The molecule has 0 saturated heterocycles. The summed E-state index contributed by atoms with van der Waals surface area (Å²) in [6.07, 6.45) is -10.2. The standard InChI is InChI=1S/C53H25F6N7/c54-52(55,56)40-19-38(20-41(25-40)53(57,58)59)39-23-50(65-46-7-3-1-5-42(46)44-21-34(9-11-48(44)65)36-15-30(26-60)13-31(16-36)27-61)64-51(24-39)66-47-8-4-2-6-43(47)45-22-35(10-12-49(45)66)37-17-32(28-62)14-33(18-37)29-63/h1-25H. The largest absolute Gasteiger partial charge is 0.416 e. The molecule has 66 heavy (non-hydrogen) atoms. The highest BCUT2D eigenvalue weighted by atomic mass is 19.4. The van der Waals surface area contributed by atoms with Gasteiger partial charge >= 0.3 is 12.4 Å². The van der Waals surface area contributed by atoms with E-state index >= 15 is 0 Å². The van der Waals surface area contributed by atoms with Gasteiger partial charge in [0.25, 0.3) is 0 Å². The number of halogens is 6. The van der Waals surface area contributed by atoms with Crippen molar-refractivity contribution in [3.8, 4) is 69.3 Å². The number of alkyl halides is 6. The van der Waals surface area contributed by atoms with E-state index in [-0.39, 0.29) is 28.8 Å². The molecule has 0 spiro atoms. The van der Waals surface area contributed by atoms with Crippen LogP contribution in [0.5, 0.6) is 0 Å². The summed E-state index contributed by atoms with van der Waals surface area (Å²) in [6, 6.07) is 48.2.